The maximum atomic E-state index is 5.96. The fourth-order valence-corrected chi connectivity index (χ4v) is 3.52. The van der Waals surface area contributed by atoms with Crippen molar-refractivity contribution in [3.8, 4) is 5.75 Å². The standard InChI is InChI=1S/C17H26N2O/c1-12(2)11-19-8-9-20-16-10-14-4-6-18-7-5-15(14)13(3)17(16)19/h10,12,18H,4-9,11H2,1-3H3. The number of hydrogen-bond donors (Lipinski definition) is 1. The van der Waals surface area contributed by atoms with Crippen LogP contribution in [0.2, 0.25) is 0 Å². The van der Waals surface area contributed by atoms with E-state index in [1.54, 1.807) is 5.56 Å². The SMILES string of the molecule is Cc1c2c(cc3c1N(CC(C)C)CCO3)CCNCC2. The molecule has 0 amide bonds. The average molecular weight is 274 g/mol. The van der Waals surface area contributed by atoms with Crippen LogP contribution in [0.15, 0.2) is 6.07 Å². The molecule has 3 nitrogen and oxygen atoms in total. The summed E-state index contributed by atoms with van der Waals surface area (Å²) >= 11 is 0. The van der Waals surface area contributed by atoms with Gasteiger partial charge < -0.3 is 15.0 Å². The van der Waals surface area contributed by atoms with E-state index in [9.17, 15) is 0 Å². The fraction of sp³-hybridized carbons (Fsp3) is 0.647. The van der Waals surface area contributed by atoms with Gasteiger partial charge in [-0.15, -0.1) is 0 Å². The number of benzene rings is 1. The molecule has 3 rings (SSSR count). The minimum atomic E-state index is 0.681. The maximum Gasteiger partial charge on any atom is 0.143 e. The van der Waals surface area contributed by atoms with Crippen molar-refractivity contribution >= 4 is 5.69 Å². The van der Waals surface area contributed by atoms with E-state index < -0.39 is 0 Å². The van der Waals surface area contributed by atoms with Crippen LogP contribution in [0.5, 0.6) is 5.75 Å². The first kappa shape index (κ1) is 13.7. The van der Waals surface area contributed by atoms with Gasteiger partial charge in [0.15, 0.2) is 0 Å². The zero-order valence-corrected chi connectivity index (χ0v) is 13.0. The first-order chi connectivity index (χ1) is 9.66. The summed E-state index contributed by atoms with van der Waals surface area (Å²) in [5.41, 5.74) is 5.83. The monoisotopic (exact) mass is 274 g/mol. The Hall–Kier alpha value is -1.22. The van der Waals surface area contributed by atoms with Gasteiger partial charge in [0.25, 0.3) is 0 Å². The summed E-state index contributed by atoms with van der Waals surface area (Å²) in [4.78, 5) is 2.53. The number of fused-ring (bicyclic) bond motifs is 2. The van der Waals surface area contributed by atoms with Gasteiger partial charge in [0.1, 0.15) is 12.4 Å². The van der Waals surface area contributed by atoms with Crippen LogP contribution in [0.1, 0.15) is 30.5 Å². The third-order valence-electron chi connectivity index (χ3n) is 4.38. The second kappa shape index (κ2) is 5.65. The Morgan fingerprint density at radius 3 is 2.90 bits per heavy atom. The number of rotatable bonds is 2. The van der Waals surface area contributed by atoms with Crippen molar-refractivity contribution in [2.75, 3.05) is 37.7 Å². The normalized spacial score (nSPS) is 18.3. The summed E-state index contributed by atoms with van der Waals surface area (Å²) in [5.74, 6) is 1.79. The highest BCUT2D eigenvalue weighted by atomic mass is 16.5. The molecule has 1 aromatic rings. The molecule has 0 aliphatic carbocycles. The van der Waals surface area contributed by atoms with Crippen molar-refractivity contribution in [1.82, 2.24) is 5.32 Å². The first-order valence-corrected chi connectivity index (χ1v) is 7.90. The van der Waals surface area contributed by atoms with Crippen molar-refractivity contribution in [3.63, 3.8) is 0 Å². The van der Waals surface area contributed by atoms with Gasteiger partial charge in [0.2, 0.25) is 0 Å². The number of ether oxygens (including phenoxy) is 1. The quantitative estimate of drug-likeness (QED) is 0.897. The Morgan fingerprint density at radius 1 is 1.30 bits per heavy atom. The summed E-state index contributed by atoms with van der Waals surface area (Å²) in [6.45, 7) is 12.0. The molecule has 0 unspecified atom stereocenters. The van der Waals surface area contributed by atoms with E-state index in [4.69, 9.17) is 4.74 Å². The molecule has 0 fully saturated rings. The van der Waals surface area contributed by atoms with Gasteiger partial charge in [-0.3, -0.25) is 0 Å². The summed E-state index contributed by atoms with van der Waals surface area (Å²) in [6.07, 6.45) is 2.26. The van der Waals surface area contributed by atoms with Gasteiger partial charge in [0, 0.05) is 6.54 Å². The van der Waals surface area contributed by atoms with E-state index in [-0.39, 0.29) is 0 Å². The van der Waals surface area contributed by atoms with Gasteiger partial charge in [-0.05, 0) is 61.5 Å². The lowest BCUT2D eigenvalue weighted by Gasteiger charge is -2.35. The van der Waals surface area contributed by atoms with E-state index in [2.05, 4.69) is 37.1 Å². The van der Waals surface area contributed by atoms with Crippen LogP contribution in [0.4, 0.5) is 5.69 Å². The van der Waals surface area contributed by atoms with E-state index in [0.717, 1.165) is 51.4 Å². The number of nitrogens with one attached hydrogen (secondary N) is 1. The average Bonchev–Trinajstić information content (AvgIpc) is 2.63. The molecule has 0 saturated carbocycles. The third kappa shape index (κ3) is 2.51. The first-order valence-electron chi connectivity index (χ1n) is 7.90. The molecule has 0 saturated heterocycles. The predicted molar refractivity (Wildman–Crippen MR) is 84.0 cm³/mol. The van der Waals surface area contributed by atoms with E-state index in [0.29, 0.717) is 5.92 Å². The molecule has 0 aromatic heterocycles. The number of anilines is 1. The Labute approximate surface area is 122 Å². The van der Waals surface area contributed by atoms with Gasteiger partial charge in [-0.1, -0.05) is 13.8 Å². The van der Waals surface area contributed by atoms with Crippen LogP contribution in [0, 0.1) is 12.8 Å². The third-order valence-corrected chi connectivity index (χ3v) is 4.38. The second-order valence-electron chi connectivity index (χ2n) is 6.42. The van der Waals surface area contributed by atoms with Crippen molar-refractivity contribution in [2.24, 2.45) is 5.92 Å². The zero-order chi connectivity index (χ0) is 14.1. The van der Waals surface area contributed by atoms with Gasteiger partial charge in [-0.2, -0.15) is 0 Å². The van der Waals surface area contributed by atoms with Crippen LogP contribution in [-0.2, 0) is 12.8 Å². The molecule has 0 radical (unpaired) electrons. The summed E-state index contributed by atoms with van der Waals surface area (Å²) in [6, 6.07) is 2.30. The minimum absolute atomic E-state index is 0.681. The molecule has 1 N–H and O–H groups in total. The van der Waals surface area contributed by atoms with E-state index in [1.807, 2.05) is 0 Å². The smallest absolute Gasteiger partial charge is 0.143 e. The Morgan fingerprint density at radius 2 is 2.10 bits per heavy atom. The molecule has 1 aromatic carbocycles. The zero-order valence-electron chi connectivity index (χ0n) is 13.0. The van der Waals surface area contributed by atoms with Crippen LogP contribution in [0.3, 0.4) is 0 Å². The largest absolute Gasteiger partial charge is 0.490 e. The molecule has 0 spiro atoms. The minimum Gasteiger partial charge on any atom is -0.490 e. The van der Waals surface area contributed by atoms with Gasteiger partial charge in [-0.25, -0.2) is 0 Å². The lowest BCUT2D eigenvalue weighted by atomic mass is 9.94. The summed E-state index contributed by atoms with van der Waals surface area (Å²) in [7, 11) is 0. The lowest BCUT2D eigenvalue weighted by Crippen LogP contribution is -2.36. The van der Waals surface area contributed by atoms with Crippen molar-refractivity contribution in [3.05, 3.63) is 22.8 Å². The lowest BCUT2D eigenvalue weighted by molar-refractivity contribution is 0.304. The van der Waals surface area contributed by atoms with Gasteiger partial charge >= 0.3 is 0 Å². The van der Waals surface area contributed by atoms with Crippen LogP contribution < -0.4 is 15.0 Å². The van der Waals surface area contributed by atoms with Gasteiger partial charge in [0.05, 0.1) is 12.2 Å². The van der Waals surface area contributed by atoms with Crippen molar-refractivity contribution in [1.29, 1.82) is 0 Å². The second-order valence-corrected chi connectivity index (χ2v) is 6.42. The Balaban J connectivity index is 2.04. The summed E-state index contributed by atoms with van der Waals surface area (Å²) < 4.78 is 5.96. The molecular formula is C17H26N2O. The molecule has 110 valence electrons. The Bertz CT molecular complexity index is 496. The van der Waals surface area contributed by atoms with Crippen LogP contribution >= 0.6 is 0 Å². The van der Waals surface area contributed by atoms with Crippen LogP contribution in [0.25, 0.3) is 0 Å². The number of hydrogen-bond acceptors (Lipinski definition) is 3. The van der Waals surface area contributed by atoms with E-state index >= 15 is 0 Å². The molecule has 20 heavy (non-hydrogen) atoms. The Kier molecular flexibility index (Phi) is 3.88. The molecule has 0 atom stereocenters. The molecule has 2 heterocycles. The molecule has 2 aliphatic heterocycles. The molecule has 0 bridgehead atoms. The van der Waals surface area contributed by atoms with Crippen molar-refractivity contribution in [2.45, 2.75) is 33.6 Å². The molecular weight excluding hydrogens is 248 g/mol. The molecule has 3 heteroatoms. The van der Waals surface area contributed by atoms with E-state index in [1.165, 1.54) is 16.8 Å². The van der Waals surface area contributed by atoms with Crippen LogP contribution in [-0.4, -0.2) is 32.8 Å². The topological polar surface area (TPSA) is 24.5 Å². The van der Waals surface area contributed by atoms with Crippen molar-refractivity contribution < 1.29 is 4.74 Å². The fourth-order valence-electron chi connectivity index (χ4n) is 3.52. The number of nitrogens with zero attached hydrogens (tertiary/aromatic N) is 1. The summed E-state index contributed by atoms with van der Waals surface area (Å²) in [5, 5.41) is 3.50. The molecule has 2 aliphatic rings. The highest BCUT2D eigenvalue weighted by Gasteiger charge is 2.25. The highest BCUT2D eigenvalue weighted by Crippen LogP contribution is 2.39. The maximum absolute atomic E-state index is 5.96. The highest BCUT2D eigenvalue weighted by molar-refractivity contribution is 5.69. The predicted octanol–water partition coefficient (Wildman–Crippen LogP) is 2.54.